The summed E-state index contributed by atoms with van der Waals surface area (Å²) in [5, 5.41) is 3.57. The van der Waals surface area contributed by atoms with Crippen LogP contribution in [0.1, 0.15) is 38.2 Å². The molecule has 0 bridgehead atoms. The van der Waals surface area contributed by atoms with Crippen LogP contribution in [-0.2, 0) is 16.6 Å². The highest BCUT2D eigenvalue weighted by Gasteiger charge is 2.34. The Balaban J connectivity index is 2.37. The van der Waals surface area contributed by atoms with Crippen molar-refractivity contribution in [3.63, 3.8) is 0 Å². The van der Waals surface area contributed by atoms with Crippen LogP contribution in [0.3, 0.4) is 0 Å². The molecule has 0 amide bonds. The van der Waals surface area contributed by atoms with Gasteiger partial charge in [-0.05, 0) is 44.5 Å². The highest BCUT2D eigenvalue weighted by Crippen LogP contribution is 2.33. The minimum Gasteiger partial charge on any atom is -0.316 e. The maximum absolute atomic E-state index is 12.6. The van der Waals surface area contributed by atoms with E-state index in [1.165, 1.54) is 6.07 Å². The molecule has 0 spiro atoms. The third kappa shape index (κ3) is 3.90. The van der Waals surface area contributed by atoms with Gasteiger partial charge in [0.05, 0.1) is 5.02 Å². The first kappa shape index (κ1) is 17.0. The Morgan fingerprint density at radius 1 is 1.19 bits per heavy atom. The molecule has 0 radical (unpaired) electrons. The quantitative estimate of drug-likeness (QED) is 0.856. The molecule has 2 N–H and O–H groups in total. The van der Waals surface area contributed by atoms with Crippen LogP contribution >= 0.6 is 23.2 Å². The molecular weight excluding hydrogens is 331 g/mol. The van der Waals surface area contributed by atoms with E-state index in [-0.39, 0.29) is 15.5 Å². The average molecular weight is 351 g/mol. The van der Waals surface area contributed by atoms with Crippen molar-refractivity contribution in [2.45, 2.75) is 49.6 Å². The zero-order chi connectivity index (χ0) is 15.7. The van der Waals surface area contributed by atoms with E-state index in [9.17, 15) is 8.42 Å². The van der Waals surface area contributed by atoms with E-state index in [1.807, 2.05) is 6.92 Å². The Bertz CT molecular complexity index is 626. The van der Waals surface area contributed by atoms with Gasteiger partial charge in [-0.3, -0.25) is 0 Å². The topological polar surface area (TPSA) is 58.2 Å². The standard InChI is InChI=1S/C14H20Cl2N2O2S/c1-14(5-3-4-6-14)18-21(19,20)13-7-10(9-17-2)11(15)8-12(13)16/h7-8,17-18H,3-6,9H2,1-2H3. The van der Waals surface area contributed by atoms with Crippen molar-refractivity contribution >= 4 is 33.2 Å². The molecule has 1 saturated carbocycles. The van der Waals surface area contributed by atoms with Crippen LogP contribution in [0.5, 0.6) is 0 Å². The molecular formula is C14H20Cl2N2O2S. The van der Waals surface area contributed by atoms with E-state index < -0.39 is 10.0 Å². The van der Waals surface area contributed by atoms with Crippen molar-refractivity contribution in [2.24, 2.45) is 0 Å². The largest absolute Gasteiger partial charge is 0.316 e. The predicted molar refractivity (Wildman–Crippen MR) is 86.4 cm³/mol. The van der Waals surface area contributed by atoms with Gasteiger partial charge in [-0.2, -0.15) is 0 Å². The summed E-state index contributed by atoms with van der Waals surface area (Å²) in [6.45, 7) is 2.42. The highest BCUT2D eigenvalue weighted by molar-refractivity contribution is 7.89. The van der Waals surface area contributed by atoms with Gasteiger partial charge in [0, 0.05) is 17.1 Å². The summed E-state index contributed by atoms with van der Waals surface area (Å²) in [5.74, 6) is 0. The van der Waals surface area contributed by atoms with Crippen molar-refractivity contribution in [3.8, 4) is 0 Å². The van der Waals surface area contributed by atoms with Crippen molar-refractivity contribution in [1.82, 2.24) is 10.0 Å². The third-order valence-electron chi connectivity index (χ3n) is 3.85. The molecule has 0 aliphatic heterocycles. The summed E-state index contributed by atoms with van der Waals surface area (Å²) in [5.41, 5.74) is 0.325. The second-order valence-corrected chi connectivity index (χ2v) is 8.24. The molecule has 1 aromatic rings. The molecule has 1 fully saturated rings. The maximum atomic E-state index is 12.6. The highest BCUT2D eigenvalue weighted by atomic mass is 35.5. The normalized spacial score (nSPS) is 18.1. The smallest absolute Gasteiger partial charge is 0.242 e. The van der Waals surface area contributed by atoms with Gasteiger partial charge in [0.2, 0.25) is 10.0 Å². The lowest BCUT2D eigenvalue weighted by molar-refractivity contribution is 0.427. The Labute approximate surface area is 136 Å². The van der Waals surface area contributed by atoms with Crippen LogP contribution in [0, 0.1) is 0 Å². The zero-order valence-electron chi connectivity index (χ0n) is 12.2. The summed E-state index contributed by atoms with van der Waals surface area (Å²) < 4.78 is 28.0. The second-order valence-electron chi connectivity index (χ2n) is 5.78. The molecule has 0 atom stereocenters. The van der Waals surface area contributed by atoms with E-state index in [1.54, 1.807) is 13.1 Å². The Hall–Kier alpha value is -0.330. The first-order chi connectivity index (χ1) is 9.77. The Morgan fingerprint density at radius 2 is 1.81 bits per heavy atom. The fourth-order valence-electron chi connectivity index (χ4n) is 2.74. The summed E-state index contributed by atoms with van der Waals surface area (Å²) >= 11 is 12.2. The number of hydrogen-bond acceptors (Lipinski definition) is 3. The fraction of sp³-hybridized carbons (Fsp3) is 0.571. The molecule has 0 saturated heterocycles. The van der Waals surface area contributed by atoms with E-state index in [2.05, 4.69) is 10.0 Å². The molecule has 1 aromatic carbocycles. The Kier molecular flexibility index (Phi) is 5.21. The van der Waals surface area contributed by atoms with Crippen LogP contribution in [0.15, 0.2) is 17.0 Å². The van der Waals surface area contributed by atoms with Gasteiger partial charge in [-0.1, -0.05) is 36.0 Å². The average Bonchev–Trinajstić information content (AvgIpc) is 2.78. The van der Waals surface area contributed by atoms with Crippen LogP contribution in [0.25, 0.3) is 0 Å². The van der Waals surface area contributed by atoms with E-state index in [0.29, 0.717) is 17.1 Å². The van der Waals surface area contributed by atoms with Crippen LogP contribution in [-0.4, -0.2) is 21.0 Å². The van der Waals surface area contributed by atoms with Gasteiger partial charge in [0.1, 0.15) is 4.90 Å². The molecule has 1 aliphatic carbocycles. The van der Waals surface area contributed by atoms with Crippen molar-refractivity contribution in [3.05, 3.63) is 27.7 Å². The van der Waals surface area contributed by atoms with E-state index in [4.69, 9.17) is 23.2 Å². The first-order valence-electron chi connectivity index (χ1n) is 6.94. The molecule has 2 rings (SSSR count). The molecule has 0 aromatic heterocycles. The number of hydrogen-bond donors (Lipinski definition) is 2. The summed E-state index contributed by atoms with van der Waals surface area (Å²) in [6.07, 6.45) is 3.78. The van der Waals surface area contributed by atoms with Gasteiger partial charge in [-0.25, -0.2) is 13.1 Å². The van der Waals surface area contributed by atoms with Crippen LogP contribution in [0.4, 0.5) is 0 Å². The number of halogens is 2. The minimum atomic E-state index is -3.66. The van der Waals surface area contributed by atoms with Crippen molar-refractivity contribution < 1.29 is 8.42 Å². The third-order valence-corrected chi connectivity index (χ3v) is 6.30. The lowest BCUT2D eigenvalue weighted by Gasteiger charge is -2.25. The molecule has 21 heavy (non-hydrogen) atoms. The number of sulfonamides is 1. The summed E-state index contributed by atoms with van der Waals surface area (Å²) in [6, 6.07) is 3.03. The van der Waals surface area contributed by atoms with Crippen molar-refractivity contribution in [1.29, 1.82) is 0 Å². The van der Waals surface area contributed by atoms with Gasteiger partial charge in [0.25, 0.3) is 0 Å². The van der Waals surface area contributed by atoms with E-state index in [0.717, 1.165) is 25.7 Å². The first-order valence-corrected chi connectivity index (χ1v) is 9.18. The zero-order valence-corrected chi connectivity index (χ0v) is 14.5. The molecule has 1 aliphatic rings. The summed E-state index contributed by atoms with van der Waals surface area (Å²) in [7, 11) is -1.88. The molecule has 118 valence electrons. The minimum absolute atomic E-state index is 0.0898. The van der Waals surface area contributed by atoms with Crippen LogP contribution < -0.4 is 10.0 Å². The number of benzene rings is 1. The second kappa shape index (κ2) is 6.42. The van der Waals surface area contributed by atoms with Gasteiger partial charge < -0.3 is 5.32 Å². The predicted octanol–water partition coefficient (Wildman–Crippen LogP) is 3.32. The van der Waals surface area contributed by atoms with Gasteiger partial charge >= 0.3 is 0 Å². The fourth-order valence-corrected chi connectivity index (χ4v) is 5.07. The van der Waals surface area contributed by atoms with Gasteiger partial charge in [0.15, 0.2) is 0 Å². The van der Waals surface area contributed by atoms with Crippen LogP contribution in [0.2, 0.25) is 10.0 Å². The molecule has 4 nitrogen and oxygen atoms in total. The monoisotopic (exact) mass is 350 g/mol. The lowest BCUT2D eigenvalue weighted by Crippen LogP contribution is -2.43. The van der Waals surface area contributed by atoms with E-state index >= 15 is 0 Å². The maximum Gasteiger partial charge on any atom is 0.242 e. The molecule has 0 heterocycles. The SMILES string of the molecule is CNCc1cc(S(=O)(=O)NC2(C)CCCC2)c(Cl)cc1Cl. The van der Waals surface area contributed by atoms with Gasteiger partial charge in [-0.15, -0.1) is 0 Å². The number of rotatable bonds is 5. The molecule has 0 unspecified atom stereocenters. The molecule has 7 heteroatoms. The van der Waals surface area contributed by atoms with Crippen molar-refractivity contribution in [2.75, 3.05) is 7.05 Å². The number of nitrogens with one attached hydrogen (secondary N) is 2. The lowest BCUT2D eigenvalue weighted by atomic mass is 10.0. The Morgan fingerprint density at radius 3 is 2.38 bits per heavy atom. The summed E-state index contributed by atoms with van der Waals surface area (Å²) in [4.78, 5) is 0.0898.